The number of rotatable bonds is 7. The van der Waals surface area contributed by atoms with Gasteiger partial charge >= 0.3 is 5.97 Å². The first-order valence-electron chi connectivity index (χ1n) is 7.19. The number of aryl methyl sites for hydroxylation is 1. The summed E-state index contributed by atoms with van der Waals surface area (Å²) in [5.41, 5.74) is 0.235. The Morgan fingerprint density at radius 3 is 2.78 bits per heavy atom. The van der Waals surface area contributed by atoms with Gasteiger partial charge in [0.2, 0.25) is 0 Å². The molecule has 0 aromatic carbocycles. The normalized spacial score (nSPS) is 11.7. The maximum atomic E-state index is 12.2. The second-order valence-corrected chi connectivity index (χ2v) is 6.75. The Kier molecular flexibility index (Phi) is 5.51. The Morgan fingerprint density at radius 1 is 1.39 bits per heavy atom. The number of esters is 1. The molecule has 126 valence electrons. The predicted octanol–water partition coefficient (Wildman–Crippen LogP) is 1.99. The van der Waals surface area contributed by atoms with Gasteiger partial charge < -0.3 is 19.9 Å². The number of fused-ring (bicyclic) bond motifs is 1. The zero-order valence-corrected chi connectivity index (χ0v) is 14.5. The fourth-order valence-electron chi connectivity index (χ4n) is 2.00. The number of anilines is 1. The zero-order valence-electron chi connectivity index (χ0n) is 13.7. The van der Waals surface area contributed by atoms with Gasteiger partial charge in [0.25, 0.3) is 0 Å². The summed E-state index contributed by atoms with van der Waals surface area (Å²) in [6.07, 6.45) is 1.44. The maximum Gasteiger partial charge on any atom is 0.348 e. The Bertz CT molecular complexity index is 699. The summed E-state index contributed by atoms with van der Waals surface area (Å²) in [6.45, 7) is 6.08. The van der Waals surface area contributed by atoms with E-state index in [0.717, 1.165) is 10.9 Å². The fourth-order valence-corrected chi connectivity index (χ4v) is 3.05. The number of carbonyl (C=O) groups is 1. The summed E-state index contributed by atoms with van der Waals surface area (Å²) >= 11 is 1.27. The second-order valence-electron chi connectivity index (χ2n) is 5.75. The minimum atomic E-state index is -0.533. The second kappa shape index (κ2) is 7.20. The third kappa shape index (κ3) is 3.95. The highest BCUT2D eigenvalue weighted by Crippen LogP contribution is 2.34. The lowest BCUT2D eigenvalue weighted by molar-refractivity contribution is 0.0393. The number of methoxy groups -OCH3 is 1. The Balaban J connectivity index is 2.36. The summed E-state index contributed by atoms with van der Waals surface area (Å²) < 4.78 is 10.1. The first-order valence-corrected chi connectivity index (χ1v) is 8.00. The Hall–Kier alpha value is -1.77. The molecule has 0 atom stereocenters. The minimum Gasteiger partial charge on any atom is -0.459 e. The van der Waals surface area contributed by atoms with Crippen LogP contribution in [0.4, 0.5) is 5.82 Å². The van der Waals surface area contributed by atoms with E-state index < -0.39 is 11.5 Å². The molecule has 2 rings (SSSR count). The monoisotopic (exact) mass is 339 g/mol. The van der Waals surface area contributed by atoms with Crippen molar-refractivity contribution in [2.24, 2.45) is 0 Å². The van der Waals surface area contributed by atoms with Crippen LogP contribution in [0.15, 0.2) is 6.33 Å². The number of nitrogens with one attached hydrogen (secondary N) is 1. The molecule has 0 radical (unpaired) electrons. The molecule has 0 aliphatic heterocycles. The van der Waals surface area contributed by atoms with Gasteiger partial charge in [0, 0.05) is 7.11 Å². The molecular weight excluding hydrogens is 318 g/mol. The van der Waals surface area contributed by atoms with Crippen molar-refractivity contribution in [2.45, 2.75) is 26.3 Å². The van der Waals surface area contributed by atoms with E-state index in [-0.39, 0.29) is 13.2 Å². The van der Waals surface area contributed by atoms with Crippen LogP contribution in [0, 0.1) is 6.92 Å². The van der Waals surface area contributed by atoms with E-state index in [1.54, 1.807) is 7.11 Å². The van der Waals surface area contributed by atoms with Crippen LogP contribution in [-0.4, -0.2) is 53.5 Å². The first kappa shape index (κ1) is 17.6. The molecule has 0 fully saturated rings. The van der Waals surface area contributed by atoms with Crippen LogP contribution in [0.3, 0.4) is 0 Å². The highest BCUT2D eigenvalue weighted by molar-refractivity contribution is 7.20. The average Bonchev–Trinajstić information content (AvgIpc) is 2.85. The number of carbonyl (C=O) groups excluding carboxylic acids is 1. The number of thiophene rings is 1. The van der Waals surface area contributed by atoms with Gasteiger partial charge in [0.05, 0.1) is 24.1 Å². The average molecular weight is 339 g/mol. The van der Waals surface area contributed by atoms with E-state index in [9.17, 15) is 9.90 Å². The van der Waals surface area contributed by atoms with Gasteiger partial charge in [-0.05, 0) is 26.3 Å². The molecule has 23 heavy (non-hydrogen) atoms. The Labute approximate surface area is 138 Å². The highest BCUT2D eigenvalue weighted by Gasteiger charge is 2.23. The molecule has 0 saturated carbocycles. The van der Waals surface area contributed by atoms with E-state index >= 15 is 0 Å². The third-order valence-electron chi connectivity index (χ3n) is 3.28. The quantitative estimate of drug-likeness (QED) is 0.588. The molecule has 2 aromatic heterocycles. The number of nitrogens with zero attached hydrogens (tertiary/aromatic N) is 2. The molecular formula is C15H21N3O4S. The molecule has 0 aliphatic carbocycles. The van der Waals surface area contributed by atoms with E-state index in [4.69, 9.17) is 9.47 Å². The lowest BCUT2D eigenvalue weighted by atomic mass is 10.1. The summed E-state index contributed by atoms with van der Waals surface area (Å²) in [5.74, 6) is 0.202. The van der Waals surface area contributed by atoms with Gasteiger partial charge in [0.1, 0.15) is 28.5 Å². The van der Waals surface area contributed by atoms with Crippen molar-refractivity contribution in [3.05, 3.63) is 16.8 Å². The number of ether oxygens (including phenoxy) is 2. The van der Waals surface area contributed by atoms with Crippen LogP contribution in [-0.2, 0) is 9.47 Å². The molecule has 7 nitrogen and oxygen atoms in total. The van der Waals surface area contributed by atoms with Gasteiger partial charge in [-0.3, -0.25) is 0 Å². The van der Waals surface area contributed by atoms with E-state index in [0.29, 0.717) is 22.1 Å². The molecule has 2 aromatic rings. The van der Waals surface area contributed by atoms with Gasteiger partial charge in [-0.15, -0.1) is 11.3 Å². The van der Waals surface area contributed by atoms with E-state index in [1.807, 2.05) is 20.8 Å². The van der Waals surface area contributed by atoms with Crippen molar-refractivity contribution >= 4 is 33.3 Å². The fraction of sp³-hybridized carbons (Fsp3) is 0.533. The van der Waals surface area contributed by atoms with Crippen molar-refractivity contribution in [2.75, 3.05) is 32.2 Å². The Morgan fingerprint density at radius 2 is 2.13 bits per heavy atom. The van der Waals surface area contributed by atoms with Crippen LogP contribution < -0.4 is 5.32 Å². The van der Waals surface area contributed by atoms with Crippen LogP contribution in [0.1, 0.15) is 29.1 Å². The topological polar surface area (TPSA) is 93.6 Å². The molecule has 0 spiro atoms. The van der Waals surface area contributed by atoms with Crippen LogP contribution in [0.2, 0.25) is 0 Å². The van der Waals surface area contributed by atoms with Gasteiger partial charge in [-0.25, -0.2) is 14.8 Å². The van der Waals surface area contributed by atoms with Crippen LogP contribution >= 0.6 is 11.3 Å². The zero-order chi connectivity index (χ0) is 17.0. The van der Waals surface area contributed by atoms with Crippen LogP contribution in [0.25, 0.3) is 10.2 Å². The highest BCUT2D eigenvalue weighted by atomic mass is 32.1. The smallest absolute Gasteiger partial charge is 0.348 e. The molecule has 0 bridgehead atoms. The summed E-state index contributed by atoms with van der Waals surface area (Å²) in [7, 11) is 1.55. The maximum absolute atomic E-state index is 12.2. The van der Waals surface area contributed by atoms with Crippen molar-refractivity contribution in [3.8, 4) is 0 Å². The van der Waals surface area contributed by atoms with Crippen LogP contribution in [0.5, 0.6) is 0 Å². The van der Waals surface area contributed by atoms with Crippen molar-refractivity contribution in [1.82, 2.24) is 9.97 Å². The van der Waals surface area contributed by atoms with E-state index in [1.165, 1.54) is 17.7 Å². The van der Waals surface area contributed by atoms with Gasteiger partial charge in [0.15, 0.2) is 0 Å². The summed E-state index contributed by atoms with van der Waals surface area (Å²) in [6, 6.07) is 0. The molecule has 0 aliphatic rings. The first-order chi connectivity index (χ1) is 10.9. The summed E-state index contributed by atoms with van der Waals surface area (Å²) in [4.78, 5) is 21.9. The lowest BCUT2D eigenvalue weighted by Crippen LogP contribution is -2.35. The number of hydrogen-bond acceptors (Lipinski definition) is 8. The minimum absolute atomic E-state index is 0.0480. The van der Waals surface area contributed by atoms with Crippen molar-refractivity contribution in [3.63, 3.8) is 0 Å². The van der Waals surface area contributed by atoms with Crippen molar-refractivity contribution in [1.29, 1.82) is 0 Å². The number of aliphatic hydroxyl groups is 1. The van der Waals surface area contributed by atoms with E-state index in [2.05, 4.69) is 15.3 Å². The summed E-state index contributed by atoms with van der Waals surface area (Å²) in [5, 5.41) is 13.4. The number of hydrogen-bond donors (Lipinski definition) is 2. The predicted molar refractivity (Wildman–Crippen MR) is 89.1 cm³/mol. The number of aromatic nitrogens is 2. The van der Waals surface area contributed by atoms with Crippen molar-refractivity contribution < 1.29 is 19.4 Å². The molecule has 0 amide bonds. The van der Waals surface area contributed by atoms with Gasteiger partial charge in [-0.1, -0.05) is 0 Å². The molecule has 8 heteroatoms. The standard InChI is InChI=1S/C15H21N3O4S/c1-9-10-12(18-15(2,3)7-19)16-8-17-13(10)23-11(9)14(20)22-6-5-21-4/h8,19H,5-7H2,1-4H3,(H,16,17,18). The lowest BCUT2D eigenvalue weighted by Gasteiger charge is -2.24. The molecule has 2 heterocycles. The molecule has 0 saturated heterocycles. The largest absolute Gasteiger partial charge is 0.459 e. The number of aliphatic hydroxyl groups excluding tert-OH is 1. The third-order valence-corrected chi connectivity index (χ3v) is 4.46. The molecule has 0 unspecified atom stereocenters. The van der Waals surface area contributed by atoms with Gasteiger partial charge in [-0.2, -0.15) is 0 Å². The SMILES string of the molecule is COCCOC(=O)c1sc2ncnc(NC(C)(C)CO)c2c1C. The molecule has 2 N–H and O–H groups in total.